The Labute approximate surface area is 94.7 Å². The van der Waals surface area contributed by atoms with Gasteiger partial charge in [0.15, 0.2) is 12.2 Å². The number of ether oxygens (including phenoxy) is 2. The van der Waals surface area contributed by atoms with Gasteiger partial charge in [-0.3, -0.25) is 9.59 Å². The lowest BCUT2D eigenvalue weighted by molar-refractivity contribution is -0.189. The van der Waals surface area contributed by atoms with Gasteiger partial charge in [-0.05, 0) is 26.7 Å². The third kappa shape index (κ3) is 3.81. The van der Waals surface area contributed by atoms with Crippen molar-refractivity contribution in [2.24, 2.45) is 5.92 Å². The Balaban J connectivity index is 2.29. The fourth-order valence-corrected chi connectivity index (χ4v) is 1.69. The zero-order valence-electron chi connectivity index (χ0n) is 9.64. The van der Waals surface area contributed by atoms with Crippen LogP contribution in [-0.4, -0.2) is 29.4 Å². The van der Waals surface area contributed by atoms with Crippen molar-refractivity contribution in [1.29, 1.82) is 0 Å². The van der Waals surface area contributed by atoms with Crippen molar-refractivity contribution in [1.82, 2.24) is 0 Å². The Morgan fingerprint density at radius 1 is 1.25 bits per heavy atom. The van der Waals surface area contributed by atoms with Gasteiger partial charge in [-0.15, -0.1) is 0 Å². The lowest BCUT2D eigenvalue weighted by Gasteiger charge is -2.19. The highest BCUT2D eigenvalue weighted by atomic mass is 16.7. The average Bonchev–Trinajstić information content (AvgIpc) is 2.68. The summed E-state index contributed by atoms with van der Waals surface area (Å²) >= 11 is 0. The zero-order chi connectivity index (χ0) is 12.1. The van der Waals surface area contributed by atoms with Gasteiger partial charge in [0.05, 0.1) is 6.10 Å². The molecule has 0 radical (unpaired) electrons. The molecule has 0 aromatic carbocycles. The Morgan fingerprint density at radius 3 is 2.31 bits per heavy atom. The maximum atomic E-state index is 11.3. The van der Waals surface area contributed by atoms with E-state index in [0.29, 0.717) is 0 Å². The van der Waals surface area contributed by atoms with Gasteiger partial charge >= 0.3 is 11.9 Å². The molecule has 16 heavy (non-hydrogen) atoms. The number of hydrogen-bond acceptors (Lipinski definition) is 4. The lowest BCUT2D eigenvalue weighted by Crippen LogP contribution is -2.29. The van der Waals surface area contributed by atoms with Crippen molar-refractivity contribution in [3.63, 3.8) is 0 Å². The molecule has 0 heterocycles. The first-order valence-electron chi connectivity index (χ1n) is 5.59. The molecule has 0 bridgehead atoms. The molecule has 1 fully saturated rings. The summed E-state index contributed by atoms with van der Waals surface area (Å²) in [5.74, 6) is -3.08. The zero-order valence-corrected chi connectivity index (χ0v) is 9.64. The minimum absolute atomic E-state index is 0.142. The van der Waals surface area contributed by atoms with E-state index in [1.165, 1.54) is 6.92 Å². The van der Waals surface area contributed by atoms with Crippen LogP contribution in [-0.2, 0) is 19.1 Å². The minimum Gasteiger partial charge on any atom is -0.481 e. The molecular formula is C11H18O5. The molecule has 1 rings (SSSR count). The third-order valence-electron chi connectivity index (χ3n) is 2.69. The van der Waals surface area contributed by atoms with Crippen molar-refractivity contribution in [3.05, 3.63) is 0 Å². The number of aliphatic carboxylic acids is 1. The second-order valence-electron chi connectivity index (χ2n) is 4.11. The van der Waals surface area contributed by atoms with Crippen molar-refractivity contribution < 1.29 is 24.2 Å². The first-order chi connectivity index (χ1) is 7.50. The number of hydrogen-bond donors (Lipinski definition) is 1. The molecule has 92 valence electrons. The van der Waals surface area contributed by atoms with E-state index in [9.17, 15) is 9.59 Å². The Morgan fingerprint density at radius 2 is 1.81 bits per heavy atom. The topological polar surface area (TPSA) is 72.8 Å². The summed E-state index contributed by atoms with van der Waals surface area (Å²) in [6.07, 6.45) is 3.71. The lowest BCUT2D eigenvalue weighted by atomic mass is 10.2. The van der Waals surface area contributed by atoms with E-state index in [2.05, 4.69) is 0 Å². The number of carboxylic acid groups (broad SMARTS) is 1. The SMILES string of the molecule is CC(OC(=O)C(C)C(=O)O)OC1CCCC1. The molecule has 2 atom stereocenters. The van der Waals surface area contributed by atoms with Crippen LogP contribution in [0.4, 0.5) is 0 Å². The quantitative estimate of drug-likeness (QED) is 0.440. The van der Waals surface area contributed by atoms with E-state index < -0.39 is 24.1 Å². The van der Waals surface area contributed by atoms with Gasteiger partial charge in [-0.1, -0.05) is 12.8 Å². The first kappa shape index (κ1) is 13.0. The maximum absolute atomic E-state index is 11.3. The Kier molecular flexibility index (Phi) is 4.73. The van der Waals surface area contributed by atoms with E-state index >= 15 is 0 Å². The molecule has 1 saturated carbocycles. The number of carboxylic acids is 1. The third-order valence-corrected chi connectivity index (χ3v) is 2.69. The largest absolute Gasteiger partial charge is 0.481 e. The summed E-state index contributed by atoms with van der Waals surface area (Å²) in [6, 6.07) is 0. The predicted molar refractivity (Wildman–Crippen MR) is 55.7 cm³/mol. The van der Waals surface area contributed by atoms with E-state index in [4.69, 9.17) is 14.6 Å². The van der Waals surface area contributed by atoms with Crippen LogP contribution in [0.15, 0.2) is 0 Å². The van der Waals surface area contributed by atoms with E-state index in [0.717, 1.165) is 25.7 Å². The highest BCUT2D eigenvalue weighted by Gasteiger charge is 2.26. The number of rotatable bonds is 5. The van der Waals surface area contributed by atoms with Crippen molar-refractivity contribution >= 4 is 11.9 Å². The highest BCUT2D eigenvalue weighted by molar-refractivity contribution is 5.93. The Hall–Kier alpha value is -1.10. The van der Waals surface area contributed by atoms with E-state index in [1.54, 1.807) is 6.92 Å². The predicted octanol–water partition coefficient (Wildman–Crippen LogP) is 1.56. The summed E-state index contributed by atoms with van der Waals surface area (Å²) in [5.41, 5.74) is 0. The summed E-state index contributed by atoms with van der Waals surface area (Å²) in [6.45, 7) is 2.91. The van der Waals surface area contributed by atoms with Gasteiger partial charge in [0, 0.05) is 0 Å². The van der Waals surface area contributed by atoms with Gasteiger partial charge in [-0.2, -0.15) is 0 Å². The van der Waals surface area contributed by atoms with Crippen molar-refractivity contribution in [2.75, 3.05) is 0 Å². The van der Waals surface area contributed by atoms with Crippen LogP contribution in [0.3, 0.4) is 0 Å². The fraction of sp³-hybridized carbons (Fsp3) is 0.818. The standard InChI is InChI=1S/C11H18O5/c1-7(10(12)13)11(14)16-8(2)15-9-5-3-4-6-9/h7-9H,3-6H2,1-2H3,(H,12,13). The molecule has 1 aliphatic carbocycles. The van der Waals surface area contributed by atoms with Crippen LogP contribution in [0.2, 0.25) is 0 Å². The summed E-state index contributed by atoms with van der Waals surface area (Å²) < 4.78 is 10.4. The molecule has 0 aromatic heterocycles. The van der Waals surface area contributed by atoms with Gasteiger partial charge in [-0.25, -0.2) is 0 Å². The molecule has 0 spiro atoms. The fourth-order valence-electron chi connectivity index (χ4n) is 1.69. The second kappa shape index (κ2) is 5.84. The van der Waals surface area contributed by atoms with Gasteiger partial charge in [0.1, 0.15) is 0 Å². The minimum atomic E-state index is -1.18. The molecule has 1 N–H and O–H groups in total. The van der Waals surface area contributed by atoms with E-state index in [-0.39, 0.29) is 6.10 Å². The van der Waals surface area contributed by atoms with Gasteiger partial charge in [0.2, 0.25) is 0 Å². The van der Waals surface area contributed by atoms with Crippen LogP contribution < -0.4 is 0 Å². The smallest absolute Gasteiger partial charge is 0.322 e. The normalized spacial score (nSPS) is 20.4. The van der Waals surface area contributed by atoms with Crippen molar-refractivity contribution in [3.8, 4) is 0 Å². The molecule has 5 heteroatoms. The van der Waals surface area contributed by atoms with Crippen LogP contribution in [0, 0.1) is 5.92 Å². The van der Waals surface area contributed by atoms with Gasteiger partial charge in [0.25, 0.3) is 0 Å². The molecule has 0 aliphatic heterocycles. The average molecular weight is 230 g/mol. The maximum Gasteiger partial charge on any atom is 0.322 e. The molecule has 0 aromatic rings. The summed E-state index contributed by atoms with van der Waals surface area (Å²) in [5, 5.41) is 8.61. The summed E-state index contributed by atoms with van der Waals surface area (Å²) in [7, 11) is 0. The number of carbonyl (C=O) groups is 2. The molecular weight excluding hydrogens is 212 g/mol. The monoisotopic (exact) mass is 230 g/mol. The number of esters is 1. The van der Waals surface area contributed by atoms with Crippen LogP contribution in [0.5, 0.6) is 0 Å². The highest BCUT2D eigenvalue weighted by Crippen LogP contribution is 2.22. The van der Waals surface area contributed by atoms with Gasteiger partial charge < -0.3 is 14.6 Å². The van der Waals surface area contributed by atoms with Crippen LogP contribution in [0.25, 0.3) is 0 Å². The molecule has 2 unspecified atom stereocenters. The first-order valence-corrected chi connectivity index (χ1v) is 5.59. The second-order valence-corrected chi connectivity index (χ2v) is 4.11. The van der Waals surface area contributed by atoms with E-state index in [1.807, 2.05) is 0 Å². The van der Waals surface area contributed by atoms with Crippen LogP contribution >= 0.6 is 0 Å². The number of carbonyl (C=O) groups excluding carboxylic acids is 1. The molecule has 5 nitrogen and oxygen atoms in total. The van der Waals surface area contributed by atoms with Crippen molar-refractivity contribution in [2.45, 2.75) is 51.9 Å². The molecule has 1 aliphatic rings. The Bertz CT molecular complexity index is 257. The molecule has 0 amide bonds. The summed E-state index contributed by atoms with van der Waals surface area (Å²) in [4.78, 5) is 21.8. The molecule has 0 saturated heterocycles. The van der Waals surface area contributed by atoms with Crippen LogP contribution in [0.1, 0.15) is 39.5 Å².